The quantitative estimate of drug-likeness (QED) is 0.212. The van der Waals surface area contributed by atoms with Crippen LogP contribution in [-0.4, -0.2) is 24.9 Å². The van der Waals surface area contributed by atoms with Crippen LogP contribution < -0.4 is 0 Å². The van der Waals surface area contributed by atoms with Crippen LogP contribution in [0.15, 0.2) is 144 Å². The molecule has 0 unspecified atom stereocenters. The fraction of sp³-hybridized carbons (Fsp3) is 0. The number of hydrogen-bond donors (Lipinski definition) is 0. The van der Waals surface area contributed by atoms with E-state index in [1.54, 1.807) is 12.4 Å². The van der Waals surface area contributed by atoms with E-state index in [-0.39, 0.29) is 0 Å². The third kappa shape index (κ3) is 4.61. The zero-order chi connectivity index (χ0) is 28.6. The normalized spacial score (nSPS) is 11.3. The number of aromatic nitrogens is 5. The summed E-state index contributed by atoms with van der Waals surface area (Å²) in [6.45, 7) is 0. The molecule has 0 aliphatic rings. The van der Waals surface area contributed by atoms with Crippen molar-refractivity contribution in [2.24, 2.45) is 0 Å². The van der Waals surface area contributed by atoms with Crippen molar-refractivity contribution in [3.05, 3.63) is 140 Å². The highest BCUT2D eigenvalue weighted by molar-refractivity contribution is 6.08. The molecule has 0 fully saturated rings. The van der Waals surface area contributed by atoms with Gasteiger partial charge in [0.05, 0.1) is 6.20 Å². The van der Waals surface area contributed by atoms with Crippen LogP contribution in [0.3, 0.4) is 0 Å². The molecule has 0 N–H and O–H groups in total. The van der Waals surface area contributed by atoms with Gasteiger partial charge < -0.3 is 4.42 Å². The van der Waals surface area contributed by atoms with Gasteiger partial charge in [0.25, 0.3) is 0 Å². The molecule has 0 aliphatic heterocycles. The SMILES string of the molecule is c1ccc(-c2cccc(-c3nc(-c4ccccc4)nc(-c4cccc(-c5nccc6c5oc5cnccc56)c4)n3)c2)cc1. The van der Waals surface area contributed by atoms with E-state index in [1.807, 2.05) is 97.2 Å². The van der Waals surface area contributed by atoms with Gasteiger partial charge in [-0.15, -0.1) is 0 Å². The first-order chi connectivity index (χ1) is 21.3. The number of benzene rings is 4. The molecule has 0 amide bonds. The van der Waals surface area contributed by atoms with Crippen LogP contribution in [0.2, 0.25) is 0 Å². The minimum absolute atomic E-state index is 0.580. The highest BCUT2D eigenvalue weighted by Crippen LogP contribution is 2.35. The summed E-state index contributed by atoms with van der Waals surface area (Å²) in [5.74, 6) is 1.80. The van der Waals surface area contributed by atoms with Crippen molar-refractivity contribution in [3.63, 3.8) is 0 Å². The molecular weight excluding hydrogens is 530 g/mol. The summed E-state index contributed by atoms with van der Waals surface area (Å²) in [6, 6.07) is 40.7. The monoisotopic (exact) mass is 553 g/mol. The summed E-state index contributed by atoms with van der Waals surface area (Å²) >= 11 is 0. The average Bonchev–Trinajstić information content (AvgIpc) is 3.48. The number of pyridine rings is 2. The molecule has 4 aromatic heterocycles. The van der Waals surface area contributed by atoms with Crippen LogP contribution in [0.25, 0.3) is 78.5 Å². The molecule has 43 heavy (non-hydrogen) atoms. The van der Waals surface area contributed by atoms with E-state index in [9.17, 15) is 0 Å². The van der Waals surface area contributed by atoms with Gasteiger partial charge in [-0.05, 0) is 35.4 Å². The maximum atomic E-state index is 6.22. The van der Waals surface area contributed by atoms with Gasteiger partial charge in [-0.3, -0.25) is 9.97 Å². The first-order valence-electron chi connectivity index (χ1n) is 14.0. The molecule has 0 saturated carbocycles. The molecule has 8 rings (SSSR count). The van der Waals surface area contributed by atoms with Gasteiger partial charge in [0.1, 0.15) is 5.69 Å². The average molecular weight is 554 g/mol. The molecule has 4 heterocycles. The maximum Gasteiger partial charge on any atom is 0.164 e. The Morgan fingerprint density at radius 3 is 1.72 bits per heavy atom. The summed E-state index contributed by atoms with van der Waals surface area (Å²) in [6.07, 6.45) is 5.32. The van der Waals surface area contributed by atoms with Gasteiger partial charge in [-0.1, -0.05) is 97.1 Å². The zero-order valence-corrected chi connectivity index (χ0v) is 22.9. The number of rotatable bonds is 5. The Labute approximate surface area is 247 Å². The minimum atomic E-state index is 0.580. The summed E-state index contributed by atoms with van der Waals surface area (Å²) < 4.78 is 6.22. The predicted octanol–water partition coefficient (Wildman–Crippen LogP) is 8.90. The standard InChI is InChI=1S/C37H23N5O/c1-3-9-24(10-4-1)26-13-7-15-28(21-26)36-40-35(25-11-5-2-6-12-25)41-37(42-36)29-16-8-14-27(22-29)33-34-31(18-20-39-33)30-17-19-38-23-32(30)43-34/h1-23H. The third-order valence-corrected chi connectivity index (χ3v) is 7.48. The van der Waals surface area contributed by atoms with E-state index >= 15 is 0 Å². The molecule has 202 valence electrons. The second kappa shape index (κ2) is 10.4. The lowest BCUT2D eigenvalue weighted by Crippen LogP contribution is -2.00. The fourth-order valence-electron chi connectivity index (χ4n) is 5.39. The fourth-order valence-corrected chi connectivity index (χ4v) is 5.39. The van der Waals surface area contributed by atoms with E-state index in [1.165, 1.54) is 0 Å². The van der Waals surface area contributed by atoms with Crippen molar-refractivity contribution in [1.29, 1.82) is 0 Å². The summed E-state index contributed by atoms with van der Waals surface area (Å²) in [5.41, 5.74) is 8.05. The van der Waals surface area contributed by atoms with Crippen molar-refractivity contribution < 1.29 is 4.42 Å². The van der Waals surface area contributed by atoms with Gasteiger partial charge in [0, 0.05) is 45.4 Å². The van der Waals surface area contributed by atoms with Crippen molar-refractivity contribution in [3.8, 4) is 56.5 Å². The van der Waals surface area contributed by atoms with Gasteiger partial charge in [-0.25, -0.2) is 15.0 Å². The topological polar surface area (TPSA) is 77.6 Å². The molecule has 0 spiro atoms. The Hall–Kier alpha value is -6.01. The third-order valence-electron chi connectivity index (χ3n) is 7.48. The lowest BCUT2D eigenvalue weighted by atomic mass is 10.0. The van der Waals surface area contributed by atoms with Crippen LogP contribution in [0, 0.1) is 0 Å². The Morgan fingerprint density at radius 2 is 1.00 bits per heavy atom. The molecule has 6 heteroatoms. The first-order valence-corrected chi connectivity index (χ1v) is 14.0. The molecule has 4 aromatic carbocycles. The molecule has 6 nitrogen and oxygen atoms in total. The van der Waals surface area contributed by atoms with E-state index < -0.39 is 0 Å². The predicted molar refractivity (Wildman–Crippen MR) is 170 cm³/mol. The van der Waals surface area contributed by atoms with E-state index in [2.05, 4.69) is 35.3 Å². The lowest BCUT2D eigenvalue weighted by molar-refractivity contribution is 0.666. The van der Waals surface area contributed by atoms with E-state index in [0.29, 0.717) is 17.5 Å². The molecule has 0 radical (unpaired) electrons. The van der Waals surface area contributed by atoms with E-state index in [0.717, 1.165) is 61.0 Å². The van der Waals surface area contributed by atoms with E-state index in [4.69, 9.17) is 24.4 Å². The largest absolute Gasteiger partial charge is 0.452 e. The summed E-state index contributed by atoms with van der Waals surface area (Å²) in [7, 11) is 0. The van der Waals surface area contributed by atoms with Gasteiger partial charge in [0.15, 0.2) is 28.6 Å². The maximum absolute atomic E-state index is 6.22. The highest BCUT2D eigenvalue weighted by Gasteiger charge is 2.16. The molecule has 0 aliphatic carbocycles. The summed E-state index contributed by atoms with van der Waals surface area (Å²) in [5, 5.41) is 2.01. The Morgan fingerprint density at radius 1 is 0.442 bits per heavy atom. The Bertz CT molecular complexity index is 2240. The van der Waals surface area contributed by atoms with Crippen LogP contribution in [0.1, 0.15) is 0 Å². The van der Waals surface area contributed by atoms with Crippen LogP contribution in [0.4, 0.5) is 0 Å². The Kier molecular flexibility index (Phi) is 6.01. The first kappa shape index (κ1) is 24.8. The highest BCUT2D eigenvalue weighted by atomic mass is 16.3. The molecule has 8 aromatic rings. The van der Waals surface area contributed by atoms with Gasteiger partial charge >= 0.3 is 0 Å². The lowest BCUT2D eigenvalue weighted by Gasteiger charge is -2.10. The second-order valence-electron chi connectivity index (χ2n) is 10.2. The number of nitrogens with zero attached hydrogens (tertiary/aromatic N) is 5. The van der Waals surface area contributed by atoms with Crippen molar-refractivity contribution in [2.75, 3.05) is 0 Å². The van der Waals surface area contributed by atoms with Crippen LogP contribution in [-0.2, 0) is 0 Å². The Balaban J connectivity index is 1.28. The second-order valence-corrected chi connectivity index (χ2v) is 10.2. The van der Waals surface area contributed by atoms with Crippen molar-refractivity contribution >= 4 is 21.9 Å². The smallest absolute Gasteiger partial charge is 0.164 e. The van der Waals surface area contributed by atoms with Gasteiger partial charge in [-0.2, -0.15) is 0 Å². The molecule has 0 saturated heterocycles. The van der Waals surface area contributed by atoms with Crippen molar-refractivity contribution in [2.45, 2.75) is 0 Å². The molecular formula is C37H23N5O. The van der Waals surface area contributed by atoms with Crippen molar-refractivity contribution in [1.82, 2.24) is 24.9 Å². The van der Waals surface area contributed by atoms with Crippen LogP contribution in [0.5, 0.6) is 0 Å². The summed E-state index contributed by atoms with van der Waals surface area (Å²) in [4.78, 5) is 23.8. The van der Waals surface area contributed by atoms with Crippen LogP contribution >= 0.6 is 0 Å². The minimum Gasteiger partial charge on any atom is -0.452 e. The number of furan rings is 1. The molecule has 0 bridgehead atoms. The molecule has 0 atom stereocenters. The number of hydrogen-bond acceptors (Lipinski definition) is 6. The zero-order valence-electron chi connectivity index (χ0n) is 22.9. The van der Waals surface area contributed by atoms with Gasteiger partial charge in [0.2, 0.25) is 0 Å². The number of fused-ring (bicyclic) bond motifs is 3.